The number of unbranched alkanes of at least 4 members (excludes halogenated alkanes) is 1. The monoisotopic (exact) mass is 218 g/mol. The molecule has 0 spiro atoms. The van der Waals surface area contributed by atoms with E-state index in [1.165, 1.54) is 0 Å². The molecular weight excluding hydrogens is 204 g/mol. The maximum atomic E-state index is 11.6. The summed E-state index contributed by atoms with van der Waals surface area (Å²) in [6, 6.07) is 8.47. The minimum atomic E-state index is -0.151. The van der Waals surface area contributed by atoms with Crippen molar-refractivity contribution in [2.45, 2.75) is 12.8 Å². The average Bonchev–Trinajstić information content (AvgIpc) is 2.34. The molecule has 84 valence electrons. The van der Waals surface area contributed by atoms with Gasteiger partial charge in [-0.15, -0.1) is 0 Å². The van der Waals surface area contributed by atoms with Crippen LogP contribution in [0.3, 0.4) is 0 Å². The van der Waals surface area contributed by atoms with Crippen molar-refractivity contribution in [3.05, 3.63) is 35.4 Å². The molecule has 16 heavy (non-hydrogen) atoms. The van der Waals surface area contributed by atoms with Crippen LogP contribution in [0, 0.1) is 11.3 Å². The molecule has 1 rings (SSSR count). The molecule has 0 heterocycles. The van der Waals surface area contributed by atoms with E-state index < -0.39 is 0 Å². The van der Waals surface area contributed by atoms with Gasteiger partial charge in [0.15, 0.2) is 0 Å². The van der Waals surface area contributed by atoms with E-state index in [0.29, 0.717) is 24.1 Å². The molecule has 0 saturated heterocycles. The number of carbonyl (C=O) groups is 1. The van der Waals surface area contributed by atoms with Crippen molar-refractivity contribution in [1.82, 2.24) is 5.32 Å². The van der Waals surface area contributed by atoms with Gasteiger partial charge in [0.05, 0.1) is 11.6 Å². The van der Waals surface area contributed by atoms with E-state index in [1.54, 1.807) is 24.3 Å². The van der Waals surface area contributed by atoms with Crippen LogP contribution in [0.5, 0.6) is 0 Å². The largest absolute Gasteiger partial charge is 0.396 e. The smallest absolute Gasteiger partial charge is 0.251 e. The fourth-order valence-electron chi connectivity index (χ4n) is 1.24. The average molecular weight is 218 g/mol. The second kappa shape index (κ2) is 6.59. The number of hydrogen-bond donors (Lipinski definition) is 2. The zero-order valence-corrected chi connectivity index (χ0v) is 8.94. The Hall–Kier alpha value is -1.86. The van der Waals surface area contributed by atoms with Gasteiger partial charge in [-0.25, -0.2) is 0 Å². The lowest BCUT2D eigenvalue weighted by molar-refractivity contribution is 0.0952. The number of carbonyl (C=O) groups excluding carboxylic acids is 1. The molecule has 0 aliphatic heterocycles. The number of amides is 1. The van der Waals surface area contributed by atoms with Gasteiger partial charge in [-0.2, -0.15) is 5.26 Å². The van der Waals surface area contributed by atoms with Gasteiger partial charge in [0.2, 0.25) is 0 Å². The molecule has 4 heteroatoms. The zero-order chi connectivity index (χ0) is 11.8. The Morgan fingerprint density at radius 1 is 1.31 bits per heavy atom. The minimum Gasteiger partial charge on any atom is -0.396 e. The number of nitriles is 1. The molecule has 0 fully saturated rings. The van der Waals surface area contributed by atoms with Crippen LogP contribution in [0.4, 0.5) is 0 Å². The van der Waals surface area contributed by atoms with Crippen LogP contribution in [-0.4, -0.2) is 24.2 Å². The molecule has 0 atom stereocenters. The molecule has 2 N–H and O–H groups in total. The van der Waals surface area contributed by atoms with Gasteiger partial charge in [0.1, 0.15) is 0 Å². The van der Waals surface area contributed by atoms with Gasteiger partial charge in [-0.3, -0.25) is 4.79 Å². The maximum Gasteiger partial charge on any atom is 0.251 e. The molecule has 0 bridgehead atoms. The molecular formula is C12H14N2O2. The highest BCUT2D eigenvalue weighted by Gasteiger charge is 2.03. The lowest BCUT2D eigenvalue weighted by Crippen LogP contribution is -2.24. The fraction of sp³-hybridized carbons (Fsp3) is 0.333. The summed E-state index contributed by atoms with van der Waals surface area (Å²) >= 11 is 0. The van der Waals surface area contributed by atoms with Crippen molar-refractivity contribution in [3.8, 4) is 6.07 Å². The molecule has 1 amide bonds. The highest BCUT2D eigenvalue weighted by molar-refractivity contribution is 5.94. The van der Waals surface area contributed by atoms with E-state index in [-0.39, 0.29) is 12.5 Å². The van der Waals surface area contributed by atoms with Gasteiger partial charge in [-0.1, -0.05) is 0 Å². The normalized spacial score (nSPS) is 9.50. The molecule has 1 aromatic carbocycles. The first kappa shape index (κ1) is 12.2. The Morgan fingerprint density at radius 3 is 2.56 bits per heavy atom. The maximum absolute atomic E-state index is 11.6. The van der Waals surface area contributed by atoms with Gasteiger partial charge in [0, 0.05) is 18.7 Å². The Balaban J connectivity index is 2.44. The Kier molecular flexibility index (Phi) is 5.03. The van der Waals surface area contributed by atoms with Crippen molar-refractivity contribution < 1.29 is 9.90 Å². The second-order valence-electron chi connectivity index (χ2n) is 3.38. The molecule has 0 radical (unpaired) electrons. The number of nitrogens with one attached hydrogen (secondary N) is 1. The highest BCUT2D eigenvalue weighted by atomic mass is 16.2. The van der Waals surface area contributed by atoms with Crippen LogP contribution >= 0.6 is 0 Å². The number of rotatable bonds is 5. The standard InChI is InChI=1S/C12H14N2O2/c13-9-10-3-5-11(6-4-10)12(16)14-7-1-2-8-15/h3-6,15H,1-2,7-8H2,(H,14,16). The summed E-state index contributed by atoms with van der Waals surface area (Å²) < 4.78 is 0. The molecule has 0 saturated carbocycles. The molecule has 0 aliphatic carbocycles. The lowest BCUT2D eigenvalue weighted by Gasteiger charge is -2.04. The van der Waals surface area contributed by atoms with E-state index in [0.717, 1.165) is 6.42 Å². The summed E-state index contributed by atoms with van der Waals surface area (Å²) in [5, 5.41) is 19.9. The van der Waals surface area contributed by atoms with E-state index in [4.69, 9.17) is 10.4 Å². The summed E-state index contributed by atoms with van der Waals surface area (Å²) in [5.41, 5.74) is 1.08. The minimum absolute atomic E-state index is 0.146. The third kappa shape index (κ3) is 3.71. The van der Waals surface area contributed by atoms with Crippen molar-refractivity contribution in [1.29, 1.82) is 5.26 Å². The van der Waals surface area contributed by atoms with Gasteiger partial charge in [-0.05, 0) is 37.1 Å². The van der Waals surface area contributed by atoms with Crippen LogP contribution in [0.1, 0.15) is 28.8 Å². The Morgan fingerprint density at radius 2 is 2.00 bits per heavy atom. The van der Waals surface area contributed by atoms with Crippen molar-refractivity contribution in [2.24, 2.45) is 0 Å². The Labute approximate surface area is 94.5 Å². The lowest BCUT2D eigenvalue weighted by atomic mass is 10.1. The van der Waals surface area contributed by atoms with E-state index in [9.17, 15) is 4.79 Å². The van der Waals surface area contributed by atoms with Crippen molar-refractivity contribution in [2.75, 3.05) is 13.2 Å². The van der Waals surface area contributed by atoms with Crippen molar-refractivity contribution >= 4 is 5.91 Å². The molecule has 0 aliphatic rings. The topological polar surface area (TPSA) is 73.1 Å². The van der Waals surface area contributed by atoms with Gasteiger partial charge < -0.3 is 10.4 Å². The SMILES string of the molecule is N#Cc1ccc(C(=O)NCCCCO)cc1. The van der Waals surface area contributed by atoms with E-state index in [2.05, 4.69) is 5.32 Å². The van der Waals surface area contributed by atoms with Crippen LogP contribution in [0.2, 0.25) is 0 Å². The second-order valence-corrected chi connectivity index (χ2v) is 3.38. The number of nitrogens with zero attached hydrogens (tertiary/aromatic N) is 1. The summed E-state index contributed by atoms with van der Waals surface area (Å²) in [6.07, 6.45) is 1.45. The van der Waals surface area contributed by atoms with Gasteiger partial charge in [0.25, 0.3) is 5.91 Å². The number of aliphatic hydroxyl groups excluding tert-OH is 1. The Bertz CT molecular complexity index is 379. The number of benzene rings is 1. The molecule has 0 unspecified atom stereocenters. The predicted octanol–water partition coefficient (Wildman–Crippen LogP) is 1.06. The van der Waals surface area contributed by atoms with Crippen LogP contribution in [0.25, 0.3) is 0 Å². The van der Waals surface area contributed by atoms with E-state index in [1.807, 2.05) is 6.07 Å². The molecule has 0 aromatic heterocycles. The summed E-state index contributed by atoms with van der Waals surface area (Å²) in [4.78, 5) is 11.6. The van der Waals surface area contributed by atoms with E-state index >= 15 is 0 Å². The highest BCUT2D eigenvalue weighted by Crippen LogP contribution is 2.03. The first-order valence-electron chi connectivity index (χ1n) is 5.17. The fourth-order valence-corrected chi connectivity index (χ4v) is 1.24. The van der Waals surface area contributed by atoms with Crippen LogP contribution < -0.4 is 5.32 Å². The third-order valence-corrected chi connectivity index (χ3v) is 2.15. The molecule has 4 nitrogen and oxygen atoms in total. The van der Waals surface area contributed by atoms with Crippen LogP contribution in [0.15, 0.2) is 24.3 Å². The summed E-state index contributed by atoms with van der Waals surface area (Å²) in [6.45, 7) is 0.701. The first-order valence-corrected chi connectivity index (χ1v) is 5.17. The molecule has 1 aromatic rings. The number of hydrogen-bond acceptors (Lipinski definition) is 3. The summed E-state index contributed by atoms with van der Waals surface area (Å²) in [5.74, 6) is -0.151. The third-order valence-electron chi connectivity index (χ3n) is 2.15. The summed E-state index contributed by atoms with van der Waals surface area (Å²) in [7, 11) is 0. The predicted molar refractivity (Wildman–Crippen MR) is 59.8 cm³/mol. The van der Waals surface area contributed by atoms with Gasteiger partial charge >= 0.3 is 0 Å². The quantitative estimate of drug-likeness (QED) is 0.726. The number of aliphatic hydroxyl groups is 1. The van der Waals surface area contributed by atoms with Crippen LogP contribution in [-0.2, 0) is 0 Å². The zero-order valence-electron chi connectivity index (χ0n) is 8.94. The first-order chi connectivity index (χ1) is 7.77. The van der Waals surface area contributed by atoms with Crippen molar-refractivity contribution in [3.63, 3.8) is 0 Å².